The summed E-state index contributed by atoms with van der Waals surface area (Å²) in [5.41, 5.74) is 0.724. The Morgan fingerprint density at radius 3 is 2.80 bits per heavy atom. The molecule has 0 aliphatic carbocycles. The molecule has 0 N–H and O–H groups in total. The summed E-state index contributed by atoms with van der Waals surface area (Å²) in [7, 11) is 1.26. The van der Waals surface area contributed by atoms with Crippen LogP contribution in [-0.2, 0) is 17.9 Å². The lowest BCUT2D eigenvalue weighted by atomic mass is 10.2. The highest BCUT2D eigenvalue weighted by Crippen LogP contribution is 2.10. The highest BCUT2D eigenvalue weighted by atomic mass is 16.5. The van der Waals surface area contributed by atoms with Gasteiger partial charge in [0.1, 0.15) is 25.2 Å². The number of benzene rings is 1. The zero-order valence-corrected chi connectivity index (χ0v) is 13.4. The average molecular weight is 341 g/mol. The van der Waals surface area contributed by atoms with Gasteiger partial charge in [-0.1, -0.05) is 35.5 Å². The van der Waals surface area contributed by atoms with Crippen LogP contribution in [0.2, 0.25) is 0 Å². The van der Waals surface area contributed by atoms with E-state index in [1.165, 1.54) is 30.3 Å². The van der Waals surface area contributed by atoms with Gasteiger partial charge in [0, 0.05) is 6.07 Å². The minimum Gasteiger partial charge on any atom is -0.482 e. The average Bonchev–Trinajstić information content (AvgIpc) is 3.10. The Labute approximate surface area is 142 Å². The Bertz CT molecular complexity index is 917. The molecule has 0 saturated heterocycles. The van der Waals surface area contributed by atoms with E-state index in [9.17, 15) is 9.59 Å². The van der Waals surface area contributed by atoms with Crippen LogP contribution in [0.25, 0.3) is 0 Å². The van der Waals surface area contributed by atoms with E-state index >= 15 is 0 Å². The number of esters is 1. The number of rotatable bonds is 6. The smallest absolute Gasteiger partial charge is 0.360 e. The van der Waals surface area contributed by atoms with Crippen molar-refractivity contribution in [3.05, 3.63) is 76.1 Å². The summed E-state index contributed by atoms with van der Waals surface area (Å²) in [5.74, 6) is -0.0998. The quantitative estimate of drug-likeness (QED) is 0.629. The second-order valence-electron chi connectivity index (χ2n) is 5.14. The topological polar surface area (TPSA) is 96.5 Å². The number of ether oxygens (including phenoxy) is 2. The fraction of sp³-hybridized carbons (Fsp3) is 0.176. The SMILES string of the molecule is COC(=O)c1cn(Cc2cc(=O)c(OCc3ccccc3)co2)nn1. The Kier molecular flexibility index (Phi) is 4.89. The molecule has 8 nitrogen and oxygen atoms in total. The lowest BCUT2D eigenvalue weighted by Crippen LogP contribution is -2.10. The molecule has 25 heavy (non-hydrogen) atoms. The fourth-order valence-corrected chi connectivity index (χ4v) is 2.10. The Morgan fingerprint density at radius 2 is 2.08 bits per heavy atom. The predicted molar refractivity (Wildman–Crippen MR) is 86.2 cm³/mol. The predicted octanol–water partition coefficient (Wildman–Crippen LogP) is 1.65. The molecule has 0 amide bonds. The third-order valence-corrected chi connectivity index (χ3v) is 3.34. The third kappa shape index (κ3) is 4.11. The van der Waals surface area contributed by atoms with Crippen LogP contribution < -0.4 is 10.2 Å². The molecule has 0 aliphatic rings. The first-order valence-corrected chi connectivity index (χ1v) is 7.42. The van der Waals surface area contributed by atoms with Crippen molar-refractivity contribution in [2.45, 2.75) is 13.2 Å². The maximum Gasteiger partial charge on any atom is 0.360 e. The van der Waals surface area contributed by atoms with Crippen LogP contribution in [0, 0.1) is 0 Å². The van der Waals surface area contributed by atoms with E-state index in [0.717, 1.165) is 5.56 Å². The lowest BCUT2D eigenvalue weighted by molar-refractivity contribution is 0.0594. The summed E-state index contributed by atoms with van der Waals surface area (Å²) in [6.45, 7) is 0.425. The van der Waals surface area contributed by atoms with Crippen LogP contribution in [0.1, 0.15) is 21.8 Å². The fourth-order valence-electron chi connectivity index (χ4n) is 2.10. The highest BCUT2D eigenvalue weighted by molar-refractivity contribution is 5.86. The number of hydrogen-bond donors (Lipinski definition) is 0. The molecule has 0 saturated carbocycles. The van der Waals surface area contributed by atoms with Crippen molar-refractivity contribution >= 4 is 5.97 Å². The first kappa shape index (κ1) is 16.4. The lowest BCUT2D eigenvalue weighted by Gasteiger charge is -2.06. The van der Waals surface area contributed by atoms with Crippen LogP contribution in [0.4, 0.5) is 0 Å². The molecule has 0 bridgehead atoms. The van der Waals surface area contributed by atoms with E-state index in [1.54, 1.807) is 0 Å². The summed E-state index contributed by atoms with van der Waals surface area (Å²) in [6, 6.07) is 10.8. The minimum atomic E-state index is -0.586. The molecule has 0 fully saturated rings. The monoisotopic (exact) mass is 341 g/mol. The molecule has 0 atom stereocenters. The molecule has 0 aliphatic heterocycles. The van der Waals surface area contributed by atoms with E-state index in [1.807, 2.05) is 30.3 Å². The molecule has 8 heteroatoms. The molecule has 1 aromatic carbocycles. The molecule has 128 valence electrons. The van der Waals surface area contributed by atoms with Gasteiger partial charge >= 0.3 is 5.97 Å². The Morgan fingerprint density at radius 1 is 1.28 bits per heavy atom. The van der Waals surface area contributed by atoms with Crippen molar-refractivity contribution in [1.29, 1.82) is 0 Å². The maximum absolute atomic E-state index is 12.1. The summed E-state index contributed by atoms with van der Waals surface area (Å²) in [6.07, 6.45) is 2.67. The van der Waals surface area contributed by atoms with E-state index in [2.05, 4.69) is 15.0 Å². The van der Waals surface area contributed by atoms with Crippen molar-refractivity contribution in [2.24, 2.45) is 0 Å². The van der Waals surface area contributed by atoms with Crippen LogP contribution in [-0.4, -0.2) is 28.1 Å². The number of hydrogen-bond acceptors (Lipinski definition) is 7. The van der Waals surface area contributed by atoms with Gasteiger partial charge in [-0.2, -0.15) is 0 Å². The first-order valence-electron chi connectivity index (χ1n) is 7.42. The summed E-state index contributed by atoms with van der Waals surface area (Å²) in [5, 5.41) is 7.46. The van der Waals surface area contributed by atoms with Crippen LogP contribution in [0.15, 0.2) is 58.1 Å². The molecule has 0 unspecified atom stereocenters. The Hall–Kier alpha value is -3.42. The molecular formula is C17H15N3O5. The van der Waals surface area contributed by atoms with Crippen molar-refractivity contribution in [1.82, 2.24) is 15.0 Å². The van der Waals surface area contributed by atoms with Gasteiger partial charge in [0.05, 0.1) is 13.3 Å². The van der Waals surface area contributed by atoms with E-state index in [4.69, 9.17) is 9.15 Å². The zero-order chi connectivity index (χ0) is 17.6. The van der Waals surface area contributed by atoms with Gasteiger partial charge in [0.15, 0.2) is 5.69 Å². The van der Waals surface area contributed by atoms with Gasteiger partial charge in [-0.3, -0.25) is 4.79 Å². The van der Waals surface area contributed by atoms with Gasteiger partial charge < -0.3 is 13.9 Å². The van der Waals surface area contributed by atoms with Gasteiger partial charge in [0.25, 0.3) is 0 Å². The number of nitrogens with zero attached hydrogens (tertiary/aromatic N) is 3. The van der Waals surface area contributed by atoms with Crippen molar-refractivity contribution in [3.63, 3.8) is 0 Å². The van der Waals surface area contributed by atoms with E-state index in [0.29, 0.717) is 5.76 Å². The second kappa shape index (κ2) is 7.43. The number of aromatic nitrogens is 3. The number of methoxy groups -OCH3 is 1. The number of carbonyl (C=O) groups is 1. The molecule has 3 aromatic rings. The maximum atomic E-state index is 12.1. The summed E-state index contributed by atoms with van der Waals surface area (Å²) in [4.78, 5) is 23.4. The minimum absolute atomic E-state index is 0.0765. The third-order valence-electron chi connectivity index (χ3n) is 3.34. The number of carbonyl (C=O) groups excluding carboxylic acids is 1. The van der Waals surface area contributed by atoms with Gasteiger partial charge in [-0.25, -0.2) is 9.48 Å². The van der Waals surface area contributed by atoms with Gasteiger partial charge in [-0.15, -0.1) is 5.10 Å². The first-order chi connectivity index (χ1) is 12.2. The van der Waals surface area contributed by atoms with E-state index < -0.39 is 5.97 Å². The van der Waals surface area contributed by atoms with Gasteiger partial charge in [0.2, 0.25) is 11.2 Å². The molecule has 0 spiro atoms. The molecule has 3 rings (SSSR count). The summed E-state index contributed by atoms with van der Waals surface area (Å²) < 4.78 is 16.8. The largest absolute Gasteiger partial charge is 0.482 e. The van der Waals surface area contributed by atoms with Crippen molar-refractivity contribution < 1.29 is 18.7 Å². The highest BCUT2D eigenvalue weighted by Gasteiger charge is 2.12. The molecule has 2 aromatic heterocycles. The molecular weight excluding hydrogens is 326 g/mol. The summed E-state index contributed by atoms with van der Waals surface area (Å²) >= 11 is 0. The van der Waals surface area contributed by atoms with E-state index in [-0.39, 0.29) is 30.0 Å². The molecule has 2 heterocycles. The zero-order valence-electron chi connectivity index (χ0n) is 13.4. The van der Waals surface area contributed by atoms with Gasteiger partial charge in [-0.05, 0) is 5.56 Å². The van der Waals surface area contributed by atoms with Crippen LogP contribution in [0.3, 0.4) is 0 Å². The van der Waals surface area contributed by atoms with Crippen LogP contribution in [0.5, 0.6) is 5.75 Å². The van der Waals surface area contributed by atoms with Crippen molar-refractivity contribution in [2.75, 3.05) is 7.11 Å². The van der Waals surface area contributed by atoms with Crippen molar-refractivity contribution in [3.8, 4) is 5.75 Å². The van der Waals surface area contributed by atoms with Crippen LogP contribution >= 0.6 is 0 Å². The standard InChI is InChI=1S/C17H15N3O5/c1-23-17(22)14-9-20(19-18-14)8-13-7-15(21)16(11-24-13)25-10-12-5-3-2-4-6-12/h2-7,9,11H,8,10H2,1H3. The second-order valence-corrected chi connectivity index (χ2v) is 5.14. The Balaban J connectivity index is 1.66. The normalized spacial score (nSPS) is 10.4. The molecule has 0 radical (unpaired) electrons.